The number of fused-ring (bicyclic) bond motifs is 1. The van der Waals surface area contributed by atoms with Crippen LogP contribution in [0.4, 0.5) is 10.2 Å². The number of nitrogen functional groups attached to an aromatic ring is 1. The Hall–Kier alpha value is -2.22. The van der Waals surface area contributed by atoms with E-state index in [9.17, 15) is 4.39 Å². The molecule has 0 saturated heterocycles. The molecule has 0 amide bonds. The third-order valence-electron chi connectivity index (χ3n) is 2.21. The summed E-state index contributed by atoms with van der Waals surface area (Å²) in [6.07, 6.45) is 0. The molecule has 1 aromatic heterocycles. The van der Waals surface area contributed by atoms with E-state index in [0.29, 0.717) is 10.9 Å². The maximum absolute atomic E-state index is 13.4. The van der Waals surface area contributed by atoms with E-state index in [2.05, 4.69) is 4.98 Å². The van der Waals surface area contributed by atoms with Crippen LogP contribution in [0.2, 0.25) is 0 Å². The van der Waals surface area contributed by atoms with Crippen LogP contribution in [-0.4, -0.2) is 12.1 Å². The molecule has 3 N–H and O–H groups in total. The van der Waals surface area contributed by atoms with Crippen LogP contribution in [0.25, 0.3) is 10.9 Å². The minimum absolute atomic E-state index is 0.119. The van der Waals surface area contributed by atoms with Crippen LogP contribution in [0.1, 0.15) is 5.56 Å². The molecule has 4 nitrogen and oxygen atoms in total. The van der Waals surface area contributed by atoms with Crippen LogP contribution in [0.15, 0.2) is 12.1 Å². The van der Waals surface area contributed by atoms with Crippen LogP contribution in [0.5, 0.6) is 5.75 Å². The Morgan fingerprint density at radius 2 is 2.27 bits per heavy atom. The Labute approximate surface area is 85.1 Å². The van der Waals surface area contributed by atoms with Gasteiger partial charge < -0.3 is 15.5 Å². The molecule has 2 rings (SSSR count). The second-order valence-electron chi connectivity index (χ2n) is 3.06. The Bertz CT molecular complexity index is 568. The quantitative estimate of drug-likeness (QED) is 0.744. The van der Waals surface area contributed by atoms with Crippen molar-refractivity contribution in [3.63, 3.8) is 0 Å². The standard InChI is InChI=1S/C10H8FN3O/c1-15-9-3-8-5(2-7(9)11)6(4-12)10(13)14-8/h2-3,14H,13H2,1H3. The van der Waals surface area contributed by atoms with Gasteiger partial charge in [0.1, 0.15) is 17.5 Å². The van der Waals surface area contributed by atoms with Crippen molar-refractivity contribution < 1.29 is 9.13 Å². The zero-order chi connectivity index (χ0) is 11.0. The van der Waals surface area contributed by atoms with E-state index < -0.39 is 5.82 Å². The molecule has 0 bridgehead atoms. The summed E-state index contributed by atoms with van der Waals surface area (Å²) >= 11 is 0. The normalized spacial score (nSPS) is 10.2. The number of nitriles is 1. The van der Waals surface area contributed by atoms with Crippen molar-refractivity contribution in [2.24, 2.45) is 0 Å². The molecule has 1 aromatic carbocycles. The van der Waals surface area contributed by atoms with Gasteiger partial charge in [0.15, 0.2) is 11.6 Å². The summed E-state index contributed by atoms with van der Waals surface area (Å²) in [5, 5.41) is 9.29. The Morgan fingerprint density at radius 1 is 1.53 bits per heavy atom. The third-order valence-corrected chi connectivity index (χ3v) is 2.21. The fourth-order valence-electron chi connectivity index (χ4n) is 1.49. The average molecular weight is 205 g/mol. The van der Waals surface area contributed by atoms with E-state index in [1.165, 1.54) is 19.2 Å². The molecule has 2 aromatic rings. The SMILES string of the molecule is COc1cc2[nH]c(N)c(C#N)c2cc1F. The van der Waals surface area contributed by atoms with Crippen molar-refractivity contribution in [3.8, 4) is 11.8 Å². The average Bonchev–Trinajstić information content (AvgIpc) is 2.51. The smallest absolute Gasteiger partial charge is 0.165 e. The van der Waals surface area contributed by atoms with Crippen molar-refractivity contribution >= 4 is 16.7 Å². The topological polar surface area (TPSA) is 74.8 Å². The molecule has 0 aliphatic heterocycles. The summed E-state index contributed by atoms with van der Waals surface area (Å²) in [5.74, 6) is -0.158. The Kier molecular flexibility index (Phi) is 1.97. The van der Waals surface area contributed by atoms with Gasteiger partial charge in [-0.05, 0) is 6.07 Å². The first kappa shape index (κ1) is 9.34. The second-order valence-corrected chi connectivity index (χ2v) is 3.06. The number of benzene rings is 1. The summed E-state index contributed by atoms with van der Waals surface area (Å²) in [7, 11) is 1.38. The van der Waals surface area contributed by atoms with E-state index in [1.54, 1.807) is 0 Å². The first-order valence-electron chi connectivity index (χ1n) is 4.22. The number of aromatic amines is 1. The number of nitrogens with zero attached hydrogens (tertiary/aromatic N) is 1. The minimum atomic E-state index is -0.513. The highest BCUT2D eigenvalue weighted by Crippen LogP contribution is 2.29. The van der Waals surface area contributed by atoms with Crippen molar-refractivity contribution in [2.45, 2.75) is 0 Å². The molecular weight excluding hydrogens is 197 g/mol. The number of aromatic nitrogens is 1. The van der Waals surface area contributed by atoms with Crippen molar-refractivity contribution in [1.82, 2.24) is 4.98 Å². The summed E-state index contributed by atoms with van der Waals surface area (Å²) in [6, 6.07) is 4.63. The van der Waals surface area contributed by atoms with E-state index in [4.69, 9.17) is 15.7 Å². The van der Waals surface area contributed by atoms with Gasteiger partial charge in [-0.2, -0.15) is 5.26 Å². The highest BCUT2D eigenvalue weighted by Gasteiger charge is 2.12. The van der Waals surface area contributed by atoms with Gasteiger partial charge in [-0.15, -0.1) is 0 Å². The van der Waals surface area contributed by atoms with Gasteiger partial charge in [0.25, 0.3) is 0 Å². The molecule has 0 radical (unpaired) electrons. The predicted octanol–water partition coefficient (Wildman–Crippen LogP) is 1.77. The number of nitrogens with one attached hydrogen (secondary N) is 1. The van der Waals surface area contributed by atoms with E-state index in [1.807, 2.05) is 6.07 Å². The third kappa shape index (κ3) is 1.27. The highest BCUT2D eigenvalue weighted by molar-refractivity contribution is 5.91. The number of rotatable bonds is 1. The first-order valence-corrected chi connectivity index (χ1v) is 4.22. The molecule has 76 valence electrons. The number of ether oxygens (including phenoxy) is 1. The van der Waals surface area contributed by atoms with Gasteiger partial charge in [-0.3, -0.25) is 0 Å². The van der Waals surface area contributed by atoms with Crippen LogP contribution < -0.4 is 10.5 Å². The lowest BCUT2D eigenvalue weighted by Crippen LogP contribution is -1.87. The van der Waals surface area contributed by atoms with Gasteiger partial charge in [0.2, 0.25) is 0 Å². The van der Waals surface area contributed by atoms with Gasteiger partial charge >= 0.3 is 0 Å². The van der Waals surface area contributed by atoms with Gasteiger partial charge in [-0.25, -0.2) is 4.39 Å². The van der Waals surface area contributed by atoms with E-state index in [-0.39, 0.29) is 17.1 Å². The van der Waals surface area contributed by atoms with Crippen molar-refractivity contribution in [2.75, 3.05) is 12.8 Å². The molecular formula is C10H8FN3O. The lowest BCUT2D eigenvalue weighted by atomic mass is 10.1. The van der Waals surface area contributed by atoms with Crippen LogP contribution in [0, 0.1) is 17.1 Å². The molecule has 0 unspecified atom stereocenters. The van der Waals surface area contributed by atoms with E-state index >= 15 is 0 Å². The molecule has 0 spiro atoms. The summed E-state index contributed by atoms with van der Waals surface area (Å²) in [6.45, 7) is 0. The minimum Gasteiger partial charge on any atom is -0.494 e. The molecule has 0 aliphatic carbocycles. The van der Waals surface area contributed by atoms with Crippen molar-refractivity contribution in [1.29, 1.82) is 5.26 Å². The molecule has 1 heterocycles. The monoisotopic (exact) mass is 205 g/mol. The number of hydrogen-bond donors (Lipinski definition) is 2. The number of methoxy groups -OCH3 is 1. The first-order chi connectivity index (χ1) is 7.17. The van der Waals surface area contributed by atoms with Crippen LogP contribution in [-0.2, 0) is 0 Å². The molecule has 15 heavy (non-hydrogen) atoms. The van der Waals surface area contributed by atoms with Gasteiger partial charge in [-0.1, -0.05) is 0 Å². The Morgan fingerprint density at radius 3 is 2.87 bits per heavy atom. The highest BCUT2D eigenvalue weighted by atomic mass is 19.1. The van der Waals surface area contributed by atoms with Crippen molar-refractivity contribution in [3.05, 3.63) is 23.5 Å². The largest absolute Gasteiger partial charge is 0.494 e. The number of hydrogen-bond acceptors (Lipinski definition) is 3. The van der Waals surface area contributed by atoms with Gasteiger partial charge in [0, 0.05) is 11.5 Å². The lowest BCUT2D eigenvalue weighted by molar-refractivity contribution is 0.387. The molecule has 0 aliphatic rings. The summed E-state index contributed by atoms with van der Waals surface area (Å²) in [5.41, 5.74) is 6.41. The zero-order valence-corrected chi connectivity index (χ0v) is 7.97. The van der Waals surface area contributed by atoms with Crippen LogP contribution in [0.3, 0.4) is 0 Å². The zero-order valence-electron chi connectivity index (χ0n) is 7.97. The summed E-state index contributed by atoms with van der Waals surface area (Å²) < 4.78 is 18.2. The van der Waals surface area contributed by atoms with Gasteiger partial charge in [0.05, 0.1) is 12.6 Å². The molecule has 5 heteroatoms. The predicted molar refractivity (Wildman–Crippen MR) is 53.9 cm³/mol. The summed E-state index contributed by atoms with van der Waals surface area (Å²) in [4.78, 5) is 2.79. The van der Waals surface area contributed by atoms with Crippen LogP contribution >= 0.6 is 0 Å². The number of halogens is 1. The molecule has 0 saturated carbocycles. The van der Waals surface area contributed by atoms with E-state index in [0.717, 1.165) is 0 Å². The number of nitrogens with two attached hydrogens (primary N) is 1. The second kappa shape index (κ2) is 3.17. The lowest BCUT2D eigenvalue weighted by Gasteiger charge is -2.00. The fraction of sp³-hybridized carbons (Fsp3) is 0.100. The molecule has 0 atom stereocenters. The Balaban J connectivity index is 2.83. The maximum atomic E-state index is 13.4. The fourth-order valence-corrected chi connectivity index (χ4v) is 1.49. The number of anilines is 1. The molecule has 0 fully saturated rings. The maximum Gasteiger partial charge on any atom is 0.165 e. The number of H-pyrrole nitrogens is 1.